The quantitative estimate of drug-likeness (QED) is 0.670. The molecule has 0 atom stereocenters. The van der Waals surface area contributed by atoms with E-state index in [4.69, 9.17) is 0 Å². The van der Waals surface area contributed by atoms with Crippen LogP contribution in [0.5, 0.6) is 5.75 Å². The standard InChI is InChI=1S/C19H22N2O2/c1-13-5-6-15(17(22)11-13)12-20-21-18(23)14-7-9-16(10-8-14)19(2,3)4/h5-12,22H,1-4H3,(H,21,23)/b20-12-. The summed E-state index contributed by atoms with van der Waals surface area (Å²) in [4.78, 5) is 12.0. The molecule has 0 aliphatic heterocycles. The summed E-state index contributed by atoms with van der Waals surface area (Å²) in [7, 11) is 0. The fourth-order valence-corrected chi connectivity index (χ4v) is 2.11. The lowest BCUT2D eigenvalue weighted by Gasteiger charge is -2.18. The molecular formula is C19H22N2O2. The lowest BCUT2D eigenvalue weighted by molar-refractivity contribution is 0.0955. The maximum Gasteiger partial charge on any atom is 0.271 e. The van der Waals surface area contributed by atoms with Crippen LogP contribution in [0.2, 0.25) is 0 Å². The average Bonchev–Trinajstić information content (AvgIpc) is 2.48. The predicted molar refractivity (Wildman–Crippen MR) is 93.0 cm³/mol. The fraction of sp³-hybridized carbons (Fsp3) is 0.263. The molecule has 0 aliphatic rings. The first kappa shape index (κ1) is 16.7. The van der Waals surface area contributed by atoms with Crippen molar-refractivity contribution in [3.8, 4) is 5.75 Å². The lowest BCUT2D eigenvalue weighted by atomic mass is 9.87. The molecule has 4 heteroatoms. The smallest absolute Gasteiger partial charge is 0.271 e. The van der Waals surface area contributed by atoms with Crippen LogP contribution >= 0.6 is 0 Å². The molecule has 4 nitrogen and oxygen atoms in total. The molecule has 2 rings (SSSR count). The number of nitrogens with zero attached hydrogens (tertiary/aromatic N) is 1. The molecule has 2 aromatic rings. The van der Waals surface area contributed by atoms with Gasteiger partial charge in [0.05, 0.1) is 6.21 Å². The van der Waals surface area contributed by atoms with Crippen LogP contribution in [0.4, 0.5) is 0 Å². The molecule has 0 spiro atoms. The molecule has 0 radical (unpaired) electrons. The fourth-order valence-electron chi connectivity index (χ4n) is 2.11. The summed E-state index contributed by atoms with van der Waals surface area (Å²) in [5, 5.41) is 13.7. The number of carbonyl (C=O) groups excluding carboxylic acids is 1. The van der Waals surface area contributed by atoms with Gasteiger partial charge in [0.25, 0.3) is 5.91 Å². The highest BCUT2D eigenvalue weighted by atomic mass is 16.3. The number of hydrogen-bond acceptors (Lipinski definition) is 3. The second kappa shape index (κ2) is 6.65. The van der Waals surface area contributed by atoms with E-state index in [2.05, 4.69) is 31.3 Å². The maximum absolute atomic E-state index is 12.0. The Bertz CT molecular complexity index is 726. The third-order valence-electron chi connectivity index (χ3n) is 3.57. The van der Waals surface area contributed by atoms with Crippen LogP contribution < -0.4 is 5.43 Å². The highest BCUT2D eigenvalue weighted by Gasteiger charge is 2.14. The number of amides is 1. The SMILES string of the molecule is Cc1ccc(/C=N\NC(=O)c2ccc(C(C)(C)C)cc2)c(O)c1. The molecule has 0 bridgehead atoms. The Labute approximate surface area is 136 Å². The molecule has 0 unspecified atom stereocenters. The summed E-state index contributed by atoms with van der Waals surface area (Å²) in [6.45, 7) is 8.27. The van der Waals surface area contributed by atoms with Gasteiger partial charge in [0, 0.05) is 11.1 Å². The van der Waals surface area contributed by atoms with Crippen LogP contribution in [0.15, 0.2) is 47.6 Å². The number of hydrogen-bond donors (Lipinski definition) is 2. The van der Waals surface area contributed by atoms with E-state index >= 15 is 0 Å². The number of rotatable bonds is 3. The van der Waals surface area contributed by atoms with Crippen molar-refractivity contribution in [2.75, 3.05) is 0 Å². The monoisotopic (exact) mass is 310 g/mol. The summed E-state index contributed by atoms with van der Waals surface area (Å²) in [6.07, 6.45) is 1.43. The van der Waals surface area contributed by atoms with Gasteiger partial charge < -0.3 is 5.11 Å². The first-order valence-electron chi connectivity index (χ1n) is 7.51. The number of aromatic hydroxyl groups is 1. The summed E-state index contributed by atoms with van der Waals surface area (Å²) >= 11 is 0. The number of carbonyl (C=O) groups is 1. The third-order valence-corrected chi connectivity index (χ3v) is 3.57. The van der Waals surface area contributed by atoms with E-state index in [0.29, 0.717) is 11.1 Å². The van der Waals surface area contributed by atoms with Crippen LogP contribution in [0.25, 0.3) is 0 Å². The van der Waals surface area contributed by atoms with Crippen molar-refractivity contribution < 1.29 is 9.90 Å². The van der Waals surface area contributed by atoms with Crippen molar-refractivity contribution in [2.45, 2.75) is 33.1 Å². The summed E-state index contributed by atoms with van der Waals surface area (Å²) in [6, 6.07) is 12.7. The molecule has 23 heavy (non-hydrogen) atoms. The molecule has 1 amide bonds. The van der Waals surface area contributed by atoms with Crippen molar-refractivity contribution >= 4 is 12.1 Å². The van der Waals surface area contributed by atoms with Gasteiger partial charge in [-0.05, 0) is 47.7 Å². The molecule has 0 fully saturated rings. The van der Waals surface area contributed by atoms with E-state index in [1.165, 1.54) is 11.8 Å². The molecule has 0 saturated heterocycles. The molecule has 0 aliphatic carbocycles. The Balaban J connectivity index is 2.03. The van der Waals surface area contributed by atoms with Crippen molar-refractivity contribution in [3.63, 3.8) is 0 Å². The number of benzene rings is 2. The largest absolute Gasteiger partial charge is 0.507 e. The molecule has 2 N–H and O–H groups in total. The highest BCUT2D eigenvalue weighted by molar-refractivity contribution is 5.95. The van der Waals surface area contributed by atoms with Crippen molar-refractivity contribution in [2.24, 2.45) is 5.10 Å². The number of nitrogens with one attached hydrogen (secondary N) is 1. The summed E-state index contributed by atoms with van der Waals surface area (Å²) < 4.78 is 0. The van der Waals surface area contributed by atoms with E-state index < -0.39 is 0 Å². The predicted octanol–water partition coefficient (Wildman–Crippen LogP) is 3.76. The maximum atomic E-state index is 12.0. The van der Waals surface area contributed by atoms with E-state index in [0.717, 1.165) is 5.56 Å². The van der Waals surface area contributed by atoms with E-state index in [1.54, 1.807) is 24.3 Å². The zero-order chi connectivity index (χ0) is 17.0. The Hall–Kier alpha value is -2.62. The second-order valence-electron chi connectivity index (χ2n) is 6.59. The molecule has 0 heterocycles. The summed E-state index contributed by atoms with van der Waals surface area (Å²) in [5.74, 6) is -0.147. The van der Waals surface area contributed by atoms with Crippen LogP contribution in [0.1, 0.15) is 47.8 Å². The van der Waals surface area contributed by atoms with Crippen LogP contribution in [0, 0.1) is 6.92 Å². The molecule has 0 aromatic heterocycles. The minimum absolute atomic E-state index is 0.0517. The van der Waals surface area contributed by atoms with Crippen LogP contribution in [0.3, 0.4) is 0 Å². The van der Waals surface area contributed by atoms with Gasteiger partial charge >= 0.3 is 0 Å². The summed E-state index contributed by atoms with van der Waals surface area (Å²) in [5.41, 5.74) is 5.75. The number of hydrazone groups is 1. The van der Waals surface area contributed by atoms with E-state index in [-0.39, 0.29) is 17.1 Å². The molecule has 2 aromatic carbocycles. The number of aryl methyl sites for hydroxylation is 1. The normalized spacial score (nSPS) is 11.7. The highest BCUT2D eigenvalue weighted by Crippen LogP contribution is 2.22. The Morgan fingerprint density at radius 1 is 1.13 bits per heavy atom. The third kappa shape index (κ3) is 4.42. The van der Waals surface area contributed by atoms with Crippen LogP contribution in [-0.2, 0) is 5.41 Å². The number of phenols is 1. The number of phenolic OH excluding ortho intramolecular Hbond substituents is 1. The van der Waals surface area contributed by atoms with Gasteiger partial charge in [-0.25, -0.2) is 5.43 Å². The van der Waals surface area contributed by atoms with Gasteiger partial charge in [-0.2, -0.15) is 5.10 Å². The first-order chi connectivity index (χ1) is 10.8. The Kier molecular flexibility index (Phi) is 4.84. The minimum atomic E-state index is -0.284. The van der Waals surface area contributed by atoms with Crippen LogP contribution in [-0.4, -0.2) is 17.2 Å². The molecule has 0 saturated carbocycles. The van der Waals surface area contributed by atoms with Gasteiger partial charge in [-0.3, -0.25) is 4.79 Å². The average molecular weight is 310 g/mol. The van der Waals surface area contributed by atoms with Gasteiger partial charge in [0.1, 0.15) is 5.75 Å². The van der Waals surface area contributed by atoms with Gasteiger partial charge in [0.15, 0.2) is 0 Å². The van der Waals surface area contributed by atoms with Gasteiger partial charge in [-0.15, -0.1) is 0 Å². The van der Waals surface area contributed by atoms with Gasteiger partial charge in [0.2, 0.25) is 0 Å². The Morgan fingerprint density at radius 2 is 1.78 bits per heavy atom. The van der Waals surface area contributed by atoms with Gasteiger partial charge in [-0.1, -0.05) is 39.0 Å². The van der Waals surface area contributed by atoms with Crippen molar-refractivity contribution in [3.05, 3.63) is 64.7 Å². The van der Waals surface area contributed by atoms with E-state index in [1.807, 2.05) is 25.1 Å². The van der Waals surface area contributed by atoms with Crippen molar-refractivity contribution in [1.82, 2.24) is 5.43 Å². The lowest BCUT2D eigenvalue weighted by Crippen LogP contribution is -2.18. The van der Waals surface area contributed by atoms with E-state index in [9.17, 15) is 9.90 Å². The molecular weight excluding hydrogens is 288 g/mol. The topological polar surface area (TPSA) is 61.7 Å². The molecule has 120 valence electrons. The first-order valence-corrected chi connectivity index (χ1v) is 7.51. The second-order valence-corrected chi connectivity index (χ2v) is 6.59. The minimum Gasteiger partial charge on any atom is -0.507 e. The zero-order valence-corrected chi connectivity index (χ0v) is 13.9. The zero-order valence-electron chi connectivity index (χ0n) is 13.9. The van der Waals surface area contributed by atoms with Crippen molar-refractivity contribution in [1.29, 1.82) is 0 Å². The Morgan fingerprint density at radius 3 is 2.35 bits per heavy atom.